The molecule has 0 amide bonds. The number of nitrogens with zero attached hydrogens (tertiary/aromatic N) is 2. The highest BCUT2D eigenvalue weighted by Crippen LogP contribution is 2.33. The van der Waals surface area contributed by atoms with Crippen LogP contribution >= 0.6 is 11.6 Å². The summed E-state index contributed by atoms with van der Waals surface area (Å²) in [6.07, 6.45) is -4.77. The summed E-state index contributed by atoms with van der Waals surface area (Å²) in [5.41, 5.74) is -1.28. The second-order valence-corrected chi connectivity index (χ2v) is 3.89. The number of rotatable bonds is 6. The predicted molar refractivity (Wildman–Crippen MR) is 62.8 cm³/mol. The first-order chi connectivity index (χ1) is 8.90. The Kier molecular flexibility index (Phi) is 5.96. The minimum Gasteiger partial charge on any atom is -0.353 e. The molecule has 19 heavy (non-hydrogen) atoms. The molecule has 0 bridgehead atoms. The Morgan fingerprint density at radius 3 is 2.26 bits per heavy atom. The monoisotopic (exact) mass is 298 g/mol. The Hall–Kier alpha value is -0.920. The largest absolute Gasteiger partial charge is 0.433 e. The van der Waals surface area contributed by atoms with Crippen LogP contribution in [0.4, 0.5) is 13.2 Å². The second-order valence-electron chi connectivity index (χ2n) is 3.53. The van der Waals surface area contributed by atoms with E-state index in [0.717, 1.165) is 6.33 Å². The van der Waals surface area contributed by atoms with E-state index >= 15 is 0 Å². The zero-order valence-electron chi connectivity index (χ0n) is 10.5. The van der Waals surface area contributed by atoms with Crippen molar-refractivity contribution in [3.8, 4) is 0 Å². The van der Waals surface area contributed by atoms with E-state index in [1.54, 1.807) is 13.8 Å². The number of hydrogen-bond acceptors (Lipinski definition) is 4. The van der Waals surface area contributed by atoms with Crippen molar-refractivity contribution in [1.29, 1.82) is 0 Å². The quantitative estimate of drug-likeness (QED) is 0.598. The number of halogens is 4. The molecule has 1 heterocycles. The number of aromatic nitrogens is 2. The van der Waals surface area contributed by atoms with Crippen LogP contribution in [0.1, 0.15) is 25.1 Å². The lowest BCUT2D eigenvalue weighted by Crippen LogP contribution is -2.23. The standard InChI is InChI=1S/C11H14ClF3N2O2/c1-3-18-8(19-4-2)5-7-9(11(13,14)15)16-6-17-10(7)12/h6,8H,3-5H2,1-2H3. The van der Waals surface area contributed by atoms with Crippen molar-refractivity contribution >= 4 is 11.6 Å². The van der Waals surface area contributed by atoms with Gasteiger partial charge in [0.25, 0.3) is 0 Å². The first-order valence-electron chi connectivity index (χ1n) is 5.69. The maximum absolute atomic E-state index is 12.8. The molecular formula is C11H14ClF3N2O2. The zero-order valence-corrected chi connectivity index (χ0v) is 11.3. The molecule has 0 aliphatic heterocycles. The Bertz CT molecular complexity index is 409. The van der Waals surface area contributed by atoms with Gasteiger partial charge in [-0.15, -0.1) is 0 Å². The van der Waals surface area contributed by atoms with Gasteiger partial charge in [-0.3, -0.25) is 0 Å². The van der Waals surface area contributed by atoms with Crippen molar-refractivity contribution in [2.45, 2.75) is 32.7 Å². The molecule has 0 aliphatic carbocycles. The molecular weight excluding hydrogens is 285 g/mol. The lowest BCUT2D eigenvalue weighted by molar-refractivity contribution is -0.147. The van der Waals surface area contributed by atoms with Crippen LogP contribution in [0.15, 0.2) is 6.33 Å². The maximum Gasteiger partial charge on any atom is 0.433 e. The molecule has 0 atom stereocenters. The Morgan fingerprint density at radius 1 is 1.21 bits per heavy atom. The minimum atomic E-state index is -4.59. The van der Waals surface area contributed by atoms with Crippen LogP contribution in [-0.2, 0) is 22.1 Å². The van der Waals surface area contributed by atoms with Crippen LogP contribution in [0.2, 0.25) is 5.15 Å². The van der Waals surface area contributed by atoms with Gasteiger partial charge in [-0.05, 0) is 13.8 Å². The van der Waals surface area contributed by atoms with Crippen molar-refractivity contribution < 1.29 is 22.6 Å². The van der Waals surface area contributed by atoms with E-state index in [1.165, 1.54) is 0 Å². The summed E-state index contributed by atoms with van der Waals surface area (Å²) in [4.78, 5) is 6.82. The van der Waals surface area contributed by atoms with Gasteiger partial charge in [0.15, 0.2) is 12.0 Å². The topological polar surface area (TPSA) is 44.2 Å². The van der Waals surface area contributed by atoms with Crippen LogP contribution in [0, 0.1) is 0 Å². The van der Waals surface area contributed by atoms with Gasteiger partial charge in [0.1, 0.15) is 11.5 Å². The van der Waals surface area contributed by atoms with Gasteiger partial charge in [0.2, 0.25) is 0 Å². The number of hydrogen-bond donors (Lipinski definition) is 0. The number of alkyl halides is 3. The summed E-state index contributed by atoms with van der Waals surface area (Å²) in [7, 11) is 0. The SMILES string of the molecule is CCOC(Cc1c(Cl)ncnc1C(F)(F)F)OCC. The third-order valence-corrected chi connectivity index (χ3v) is 2.56. The number of ether oxygens (including phenoxy) is 2. The van der Waals surface area contributed by atoms with Crippen molar-refractivity contribution in [3.63, 3.8) is 0 Å². The van der Waals surface area contributed by atoms with Gasteiger partial charge in [-0.2, -0.15) is 13.2 Å². The van der Waals surface area contributed by atoms with E-state index in [1.807, 2.05) is 0 Å². The molecule has 1 aromatic heterocycles. The molecule has 1 aromatic rings. The minimum absolute atomic E-state index is 0.157. The van der Waals surface area contributed by atoms with Crippen molar-refractivity contribution in [3.05, 3.63) is 22.7 Å². The summed E-state index contributed by atoms with van der Waals surface area (Å²) in [6, 6.07) is 0. The van der Waals surface area contributed by atoms with Gasteiger partial charge < -0.3 is 9.47 Å². The Morgan fingerprint density at radius 2 is 1.79 bits per heavy atom. The fourth-order valence-electron chi connectivity index (χ4n) is 1.52. The lowest BCUT2D eigenvalue weighted by Gasteiger charge is -2.19. The molecule has 0 fully saturated rings. The van der Waals surface area contributed by atoms with E-state index in [2.05, 4.69) is 9.97 Å². The van der Waals surface area contributed by atoms with Gasteiger partial charge in [0, 0.05) is 25.2 Å². The summed E-state index contributed by atoms with van der Waals surface area (Å²) < 4.78 is 48.9. The molecule has 4 nitrogen and oxygen atoms in total. The zero-order chi connectivity index (χ0) is 14.5. The summed E-state index contributed by atoms with van der Waals surface area (Å²) >= 11 is 5.72. The van der Waals surface area contributed by atoms with Crippen molar-refractivity contribution in [1.82, 2.24) is 9.97 Å². The van der Waals surface area contributed by atoms with E-state index in [-0.39, 0.29) is 17.1 Å². The molecule has 0 N–H and O–H groups in total. The summed E-state index contributed by atoms with van der Waals surface area (Å²) in [5, 5.41) is -0.244. The van der Waals surface area contributed by atoms with E-state index in [0.29, 0.717) is 13.2 Å². The average molecular weight is 299 g/mol. The highest BCUT2D eigenvalue weighted by molar-refractivity contribution is 6.30. The van der Waals surface area contributed by atoms with E-state index in [9.17, 15) is 13.2 Å². The summed E-state index contributed by atoms with van der Waals surface area (Å²) in [6.45, 7) is 4.08. The van der Waals surface area contributed by atoms with Crippen LogP contribution in [-0.4, -0.2) is 29.5 Å². The molecule has 108 valence electrons. The molecule has 0 spiro atoms. The second kappa shape index (κ2) is 7.02. The van der Waals surface area contributed by atoms with Crippen LogP contribution in [0.5, 0.6) is 0 Å². The third kappa shape index (κ3) is 4.59. The highest BCUT2D eigenvalue weighted by atomic mass is 35.5. The van der Waals surface area contributed by atoms with E-state index < -0.39 is 18.2 Å². The molecule has 0 aromatic carbocycles. The van der Waals surface area contributed by atoms with Gasteiger partial charge in [-0.1, -0.05) is 11.6 Å². The van der Waals surface area contributed by atoms with Gasteiger partial charge >= 0.3 is 6.18 Å². The molecule has 0 saturated heterocycles. The molecule has 0 saturated carbocycles. The highest BCUT2D eigenvalue weighted by Gasteiger charge is 2.37. The first kappa shape index (κ1) is 16.1. The molecule has 0 unspecified atom stereocenters. The molecule has 1 rings (SSSR count). The first-order valence-corrected chi connectivity index (χ1v) is 6.07. The molecule has 8 heteroatoms. The van der Waals surface area contributed by atoms with Crippen LogP contribution < -0.4 is 0 Å². The average Bonchev–Trinajstić information content (AvgIpc) is 2.31. The van der Waals surface area contributed by atoms with Crippen LogP contribution in [0.3, 0.4) is 0 Å². The fourth-order valence-corrected chi connectivity index (χ4v) is 1.73. The third-order valence-electron chi connectivity index (χ3n) is 2.24. The maximum atomic E-state index is 12.8. The smallest absolute Gasteiger partial charge is 0.353 e. The van der Waals surface area contributed by atoms with Gasteiger partial charge in [-0.25, -0.2) is 9.97 Å². The molecule has 0 aliphatic rings. The Balaban J connectivity index is 3.04. The van der Waals surface area contributed by atoms with Crippen LogP contribution in [0.25, 0.3) is 0 Å². The van der Waals surface area contributed by atoms with Crippen molar-refractivity contribution in [2.75, 3.05) is 13.2 Å². The van der Waals surface area contributed by atoms with Gasteiger partial charge in [0.05, 0.1) is 0 Å². The molecule has 0 radical (unpaired) electrons. The normalized spacial score (nSPS) is 12.2. The fraction of sp³-hybridized carbons (Fsp3) is 0.636. The van der Waals surface area contributed by atoms with E-state index in [4.69, 9.17) is 21.1 Å². The van der Waals surface area contributed by atoms with Crippen molar-refractivity contribution in [2.24, 2.45) is 0 Å². The Labute approximate surface area is 113 Å². The lowest BCUT2D eigenvalue weighted by atomic mass is 10.1. The summed E-state index contributed by atoms with van der Waals surface area (Å²) in [5.74, 6) is 0. The predicted octanol–water partition coefficient (Wildman–Crippen LogP) is 3.09.